The van der Waals surface area contributed by atoms with Crippen LogP contribution in [-0.4, -0.2) is 10.9 Å². The number of carbonyl (C=O) groups excluding carboxylic acids is 1. The third-order valence-electron chi connectivity index (χ3n) is 4.58. The predicted octanol–water partition coefficient (Wildman–Crippen LogP) is 4.15. The Morgan fingerprint density at radius 3 is 2.61 bits per heavy atom. The van der Waals surface area contributed by atoms with Crippen molar-refractivity contribution < 1.29 is 4.79 Å². The molecule has 1 aliphatic carbocycles. The number of nitrogens with zero attached hydrogens (tertiary/aromatic N) is 1. The molecule has 3 nitrogen and oxygen atoms in total. The molecule has 2 aromatic rings. The number of aromatic nitrogens is 1. The number of benzene rings is 1. The summed E-state index contributed by atoms with van der Waals surface area (Å²) in [6, 6.07) is 11.9. The summed E-state index contributed by atoms with van der Waals surface area (Å²) < 4.78 is 0. The highest BCUT2D eigenvalue weighted by atomic mass is 16.1. The van der Waals surface area contributed by atoms with E-state index in [1.54, 1.807) is 0 Å². The molecular weight excluding hydrogens is 284 g/mol. The molecule has 1 heterocycles. The van der Waals surface area contributed by atoms with Gasteiger partial charge in [0.15, 0.2) is 0 Å². The standard InChI is InChI=1S/C20H24N2O/c1-3-17(22-20(23)16-10-8-14(2)9-11-16)19-13-12-15-6-4-5-7-18(15)21-19/h8-13,17H,3-7H2,1-2H3,(H,22,23). The van der Waals surface area contributed by atoms with Gasteiger partial charge in [0.05, 0.1) is 11.7 Å². The lowest BCUT2D eigenvalue weighted by molar-refractivity contribution is 0.0934. The van der Waals surface area contributed by atoms with Crippen molar-refractivity contribution in [3.8, 4) is 0 Å². The molecule has 1 unspecified atom stereocenters. The summed E-state index contributed by atoms with van der Waals surface area (Å²) in [7, 11) is 0. The van der Waals surface area contributed by atoms with Crippen molar-refractivity contribution >= 4 is 5.91 Å². The number of pyridine rings is 1. The van der Waals surface area contributed by atoms with Crippen molar-refractivity contribution in [2.75, 3.05) is 0 Å². The summed E-state index contributed by atoms with van der Waals surface area (Å²) in [5, 5.41) is 3.12. The highest BCUT2D eigenvalue weighted by molar-refractivity contribution is 5.94. The number of rotatable bonds is 4. The Morgan fingerprint density at radius 2 is 1.87 bits per heavy atom. The lowest BCUT2D eigenvalue weighted by atomic mass is 9.95. The zero-order valence-corrected chi connectivity index (χ0v) is 13.9. The van der Waals surface area contributed by atoms with Crippen LogP contribution >= 0.6 is 0 Å². The van der Waals surface area contributed by atoms with E-state index < -0.39 is 0 Å². The second-order valence-electron chi connectivity index (χ2n) is 6.35. The minimum atomic E-state index is -0.0315. The van der Waals surface area contributed by atoms with E-state index in [1.165, 1.54) is 24.1 Å². The second-order valence-corrected chi connectivity index (χ2v) is 6.35. The number of nitrogens with one attached hydrogen (secondary N) is 1. The fourth-order valence-corrected chi connectivity index (χ4v) is 3.12. The fourth-order valence-electron chi connectivity index (χ4n) is 3.12. The van der Waals surface area contributed by atoms with E-state index in [-0.39, 0.29) is 11.9 Å². The zero-order chi connectivity index (χ0) is 16.2. The van der Waals surface area contributed by atoms with E-state index in [1.807, 2.05) is 31.2 Å². The van der Waals surface area contributed by atoms with Gasteiger partial charge in [-0.3, -0.25) is 9.78 Å². The smallest absolute Gasteiger partial charge is 0.251 e. The van der Waals surface area contributed by atoms with E-state index in [0.29, 0.717) is 5.56 Å². The van der Waals surface area contributed by atoms with Crippen LogP contribution in [0.1, 0.15) is 65.1 Å². The normalized spacial score (nSPS) is 14.9. The molecule has 1 aromatic carbocycles. The van der Waals surface area contributed by atoms with Gasteiger partial charge in [0.2, 0.25) is 0 Å². The Hall–Kier alpha value is -2.16. The summed E-state index contributed by atoms with van der Waals surface area (Å²) in [6.07, 6.45) is 5.51. The Bertz CT molecular complexity index is 691. The van der Waals surface area contributed by atoms with Gasteiger partial charge in [-0.25, -0.2) is 0 Å². The summed E-state index contributed by atoms with van der Waals surface area (Å²) in [4.78, 5) is 17.3. The Morgan fingerprint density at radius 1 is 1.13 bits per heavy atom. The zero-order valence-electron chi connectivity index (χ0n) is 13.9. The maximum Gasteiger partial charge on any atom is 0.251 e. The van der Waals surface area contributed by atoms with Gasteiger partial charge in [0.1, 0.15) is 0 Å². The molecule has 1 aromatic heterocycles. The fraction of sp³-hybridized carbons (Fsp3) is 0.400. The average Bonchev–Trinajstić information content (AvgIpc) is 2.59. The number of hydrogen-bond donors (Lipinski definition) is 1. The first kappa shape index (κ1) is 15.7. The quantitative estimate of drug-likeness (QED) is 0.922. The van der Waals surface area contributed by atoms with E-state index in [4.69, 9.17) is 4.98 Å². The van der Waals surface area contributed by atoms with Gasteiger partial charge in [-0.1, -0.05) is 30.7 Å². The molecule has 0 saturated heterocycles. The molecule has 0 spiro atoms. The van der Waals surface area contributed by atoms with Crippen LogP contribution in [0, 0.1) is 6.92 Å². The monoisotopic (exact) mass is 308 g/mol. The number of fused-ring (bicyclic) bond motifs is 1. The summed E-state index contributed by atoms with van der Waals surface area (Å²) in [5.41, 5.74) is 5.43. The van der Waals surface area contributed by atoms with Gasteiger partial charge in [-0.05, 0) is 62.8 Å². The molecule has 1 amide bonds. The lowest BCUT2D eigenvalue weighted by Gasteiger charge is -2.20. The van der Waals surface area contributed by atoms with Gasteiger partial charge in [0, 0.05) is 11.3 Å². The summed E-state index contributed by atoms with van der Waals surface area (Å²) >= 11 is 0. The number of carbonyl (C=O) groups is 1. The van der Waals surface area contributed by atoms with Crippen LogP contribution in [0.4, 0.5) is 0 Å². The number of hydrogen-bond acceptors (Lipinski definition) is 2. The first-order valence-electron chi connectivity index (χ1n) is 8.53. The Labute approximate surface area is 138 Å². The van der Waals surface area contributed by atoms with Crippen LogP contribution in [0.3, 0.4) is 0 Å². The largest absolute Gasteiger partial charge is 0.344 e. The highest BCUT2D eigenvalue weighted by Crippen LogP contribution is 2.23. The topological polar surface area (TPSA) is 42.0 Å². The molecule has 1 N–H and O–H groups in total. The van der Waals surface area contributed by atoms with Crippen LogP contribution in [0.25, 0.3) is 0 Å². The van der Waals surface area contributed by atoms with Gasteiger partial charge in [-0.2, -0.15) is 0 Å². The molecule has 1 aliphatic rings. The van der Waals surface area contributed by atoms with Crippen LogP contribution in [0.5, 0.6) is 0 Å². The highest BCUT2D eigenvalue weighted by Gasteiger charge is 2.18. The maximum atomic E-state index is 12.4. The van der Waals surface area contributed by atoms with Crippen LogP contribution in [0.2, 0.25) is 0 Å². The SMILES string of the molecule is CCC(NC(=O)c1ccc(C)cc1)c1ccc2c(n1)CCCC2. The van der Waals surface area contributed by atoms with E-state index in [9.17, 15) is 4.79 Å². The number of aryl methyl sites for hydroxylation is 3. The van der Waals surface area contributed by atoms with Crippen molar-refractivity contribution in [2.24, 2.45) is 0 Å². The molecule has 120 valence electrons. The minimum absolute atomic E-state index is 0.0311. The predicted molar refractivity (Wildman–Crippen MR) is 92.6 cm³/mol. The van der Waals surface area contributed by atoms with Crippen LogP contribution < -0.4 is 5.32 Å². The average molecular weight is 308 g/mol. The molecule has 0 bridgehead atoms. The van der Waals surface area contributed by atoms with Crippen LogP contribution in [0.15, 0.2) is 36.4 Å². The molecule has 3 heteroatoms. The first-order chi connectivity index (χ1) is 11.2. The maximum absolute atomic E-state index is 12.4. The van der Waals surface area contributed by atoms with E-state index in [0.717, 1.165) is 30.5 Å². The Kier molecular flexibility index (Phi) is 4.75. The summed E-state index contributed by atoms with van der Waals surface area (Å²) in [5.74, 6) is -0.0311. The van der Waals surface area contributed by atoms with Crippen molar-refractivity contribution in [1.82, 2.24) is 10.3 Å². The minimum Gasteiger partial charge on any atom is -0.344 e. The van der Waals surface area contributed by atoms with Crippen molar-refractivity contribution in [1.29, 1.82) is 0 Å². The van der Waals surface area contributed by atoms with Gasteiger partial charge < -0.3 is 5.32 Å². The number of amides is 1. The lowest BCUT2D eigenvalue weighted by Crippen LogP contribution is -2.29. The molecule has 0 fully saturated rings. The molecule has 1 atom stereocenters. The third kappa shape index (κ3) is 3.61. The molecule has 0 aliphatic heterocycles. The third-order valence-corrected chi connectivity index (χ3v) is 4.58. The van der Waals surface area contributed by atoms with Crippen LogP contribution in [-0.2, 0) is 12.8 Å². The first-order valence-corrected chi connectivity index (χ1v) is 8.53. The van der Waals surface area contributed by atoms with E-state index >= 15 is 0 Å². The molecule has 23 heavy (non-hydrogen) atoms. The molecule has 3 rings (SSSR count). The van der Waals surface area contributed by atoms with E-state index in [2.05, 4.69) is 24.4 Å². The molecule has 0 radical (unpaired) electrons. The van der Waals surface area contributed by atoms with Gasteiger partial charge >= 0.3 is 0 Å². The van der Waals surface area contributed by atoms with Crippen molar-refractivity contribution in [2.45, 2.75) is 52.0 Å². The molecule has 0 saturated carbocycles. The Balaban J connectivity index is 1.77. The summed E-state index contributed by atoms with van der Waals surface area (Å²) in [6.45, 7) is 4.11. The van der Waals surface area contributed by atoms with Gasteiger partial charge in [0.25, 0.3) is 5.91 Å². The van der Waals surface area contributed by atoms with Gasteiger partial charge in [-0.15, -0.1) is 0 Å². The second kappa shape index (κ2) is 6.95. The molecular formula is C20H24N2O. The van der Waals surface area contributed by atoms with Crippen molar-refractivity contribution in [3.63, 3.8) is 0 Å². The van der Waals surface area contributed by atoms with Crippen molar-refractivity contribution in [3.05, 3.63) is 64.5 Å².